The molecule has 0 saturated heterocycles. The normalized spacial score (nSPS) is 12.7. The van der Waals surface area contributed by atoms with Crippen LogP contribution in [0, 0.1) is 5.92 Å². The van der Waals surface area contributed by atoms with E-state index in [1.165, 1.54) is 10.4 Å². The minimum absolute atomic E-state index is 0.0154. The molecule has 0 aliphatic rings. The van der Waals surface area contributed by atoms with Crippen molar-refractivity contribution in [3.8, 4) is 0 Å². The van der Waals surface area contributed by atoms with Gasteiger partial charge in [-0.05, 0) is 37.5 Å². The highest BCUT2D eigenvalue weighted by molar-refractivity contribution is 7.89. The van der Waals surface area contributed by atoms with E-state index >= 15 is 0 Å². The SMILES string of the molecule is CC(C)CN(C(C)C)S(=O)(=O)c1cc(Cl)cc(CCl)c1Cl. The first-order chi connectivity index (χ1) is 9.61. The Kier molecular flexibility index (Phi) is 6.81. The highest BCUT2D eigenvalue weighted by Gasteiger charge is 2.30. The van der Waals surface area contributed by atoms with Gasteiger partial charge in [-0.1, -0.05) is 37.0 Å². The number of halogens is 3. The summed E-state index contributed by atoms with van der Waals surface area (Å²) in [6.45, 7) is 8.02. The van der Waals surface area contributed by atoms with E-state index in [2.05, 4.69) is 0 Å². The molecule has 120 valence electrons. The Labute approximate surface area is 142 Å². The van der Waals surface area contributed by atoms with Gasteiger partial charge in [-0.15, -0.1) is 11.6 Å². The van der Waals surface area contributed by atoms with Crippen LogP contribution in [0.5, 0.6) is 0 Å². The molecule has 0 spiro atoms. The zero-order valence-electron chi connectivity index (χ0n) is 12.5. The third-order valence-corrected chi connectivity index (χ3v) is 6.06. The molecule has 0 atom stereocenters. The van der Waals surface area contributed by atoms with Gasteiger partial charge < -0.3 is 0 Å². The number of hydrogen-bond acceptors (Lipinski definition) is 2. The topological polar surface area (TPSA) is 37.4 Å². The number of hydrogen-bond donors (Lipinski definition) is 0. The number of benzene rings is 1. The van der Waals surface area contributed by atoms with E-state index in [4.69, 9.17) is 34.8 Å². The van der Waals surface area contributed by atoms with Gasteiger partial charge in [-0.25, -0.2) is 8.42 Å². The maximum absolute atomic E-state index is 12.9. The van der Waals surface area contributed by atoms with Crippen molar-refractivity contribution in [1.82, 2.24) is 4.31 Å². The van der Waals surface area contributed by atoms with Crippen LogP contribution in [0.4, 0.5) is 0 Å². The summed E-state index contributed by atoms with van der Waals surface area (Å²) < 4.78 is 27.2. The summed E-state index contributed by atoms with van der Waals surface area (Å²) in [6, 6.07) is 2.79. The second kappa shape index (κ2) is 7.51. The molecule has 0 amide bonds. The lowest BCUT2D eigenvalue weighted by molar-refractivity contribution is 0.319. The first-order valence-corrected chi connectivity index (χ1v) is 9.40. The van der Waals surface area contributed by atoms with E-state index in [-0.39, 0.29) is 27.8 Å². The van der Waals surface area contributed by atoms with E-state index in [0.717, 1.165) is 0 Å². The zero-order valence-corrected chi connectivity index (χ0v) is 15.6. The van der Waals surface area contributed by atoms with Crippen LogP contribution in [0.1, 0.15) is 33.3 Å². The standard InChI is InChI=1S/C14H20Cl3NO2S/c1-9(2)8-18(10(3)4)21(19,20)13-6-12(16)5-11(7-15)14(13)17/h5-6,9-10H,7-8H2,1-4H3. The van der Waals surface area contributed by atoms with Gasteiger partial charge in [0.15, 0.2) is 0 Å². The number of rotatable bonds is 6. The first-order valence-electron chi connectivity index (χ1n) is 6.67. The maximum atomic E-state index is 12.9. The second-order valence-corrected chi connectivity index (χ2v) is 8.51. The largest absolute Gasteiger partial charge is 0.244 e. The van der Waals surface area contributed by atoms with E-state index in [0.29, 0.717) is 17.1 Å². The van der Waals surface area contributed by atoms with Crippen molar-refractivity contribution in [3.63, 3.8) is 0 Å². The van der Waals surface area contributed by atoms with E-state index in [9.17, 15) is 8.42 Å². The van der Waals surface area contributed by atoms with Crippen LogP contribution in [0.15, 0.2) is 17.0 Å². The summed E-state index contributed by atoms with van der Waals surface area (Å²) in [5.74, 6) is 0.306. The average molecular weight is 373 g/mol. The first kappa shape index (κ1) is 19.0. The van der Waals surface area contributed by atoms with Crippen molar-refractivity contribution in [2.75, 3.05) is 6.54 Å². The Morgan fingerprint density at radius 1 is 1.14 bits per heavy atom. The van der Waals surface area contributed by atoms with E-state index in [1.807, 2.05) is 27.7 Å². The highest BCUT2D eigenvalue weighted by atomic mass is 35.5. The lowest BCUT2D eigenvalue weighted by Crippen LogP contribution is -2.39. The number of sulfonamides is 1. The highest BCUT2D eigenvalue weighted by Crippen LogP contribution is 2.33. The molecule has 1 aromatic rings. The smallest absolute Gasteiger partial charge is 0.207 e. The summed E-state index contributed by atoms with van der Waals surface area (Å²) >= 11 is 18.0. The average Bonchev–Trinajstić information content (AvgIpc) is 2.37. The van der Waals surface area contributed by atoms with Crippen LogP contribution >= 0.6 is 34.8 Å². The van der Waals surface area contributed by atoms with Crippen LogP contribution in [-0.2, 0) is 15.9 Å². The molecule has 0 radical (unpaired) electrons. The molecule has 0 heterocycles. The summed E-state index contributed by atoms with van der Waals surface area (Å²) in [6.07, 6.45) is 0. The fourth-order valence-corrected chi connectivity index (χ4v) is 4.96. The summed E-state index contributed by atoms with van der Waals surface area (Å²) in [7, 11) is -3.72. The van der Waals surface area contributed by atoms with Gasteiger partial charge >= 0.3 is 0 Å². The third-order valence-electron chi connectivity index (χ3n) is 2.93. The molecule has 0 saturated carbocycles. The molecule has 0 N–H and O–H groups in total. The summed E-state index contributed by atoms with van der Waals surface area (Å²) in [4.78, 5) is 0.0154. The molecule has 0 unspecified atom stereocenters. The summed E-state index contributed by atoms with van der Waals surface area (Å²) in [5.41, 5.74) is 0.512. The van der Waals surface area contributed by atoms with Gasteiger partial charge in [0.1, 0.15) is 4.90 Å². The lowest BCUT2D eigenvalue weighted by atomic mass is 10.2. The fourth-order valence-electron chi connectivity index (χ4n) is 1.98. The molecular formula is C14H20Cl3NO2S. The Bertz CT molecular complexity index is 600. The van der Waals surface area contributed by atoms with Gasteiger partial charge in [-0.2, -0.15) is 4.31 Å². The van der Waals surface area contributed by atoms with E-state index in [1.54, 1.807) is 6.07 Å². The van der Waals surface area contributed by atoms with Crippen LogP contribution in [0.3, 0.4) is 0 Å². The van der Waals surface area contributed by atoms with Crippen molar-refractivity contribution in [2.24, 2.45) is 5.92 Å². The number of nitrogens with zero attached hydrogens (tertiary/aromatic N) is 1. The Hall–Kier alpha value is -0.000000000000000111. The molecular weight excluding hydrogens is 353 g/mol. The molecule has 21 heavy (non-hydrogen) atoms. The predicted molar refractivity (Wildman–Crippen MR) is 89.9 cm³/mol. The van der Waals surface area contributed by atoms with Gasteiger partial charge in [0.05, 0.1) is 5.02 Å². The van der Waals surface area contributed by atoms with Crippen LogP contribution < -0.4 is 0 Å². The molecule has 0 bridgehead atoms. The van der Waals surface area contributed by atoms with Gasteiger partial charge in [-0.3, -0.25) is 0 Å². The Balaban J connectivity index is 3.44. The predicted octanol–water partition coefficient (Wildman–Crippen LogP) is 4.79. The van der Waals surface area contributed by atoms with Gasteiger partial charge in [0.25, 0.3) is 0 Å². The van der Waals surface area contributed by atoms with Gasteiger partial charge in [0, 0.05) is 23.5 Å². The van der Waals surface area contributed by atoms with Crippen LogP contribution in [-0.4, -0.2) is 25.3 Å². The quantitative estimate of drug-likeness (QED) is 0.673. The zero-order chi connectivity index (χ0) is 16.4. The van der Waals surface area contributed by atoms with Crippen molar-refractivity contribution >= 4 is 44.8 Å². The molecule has 3 nitrogen and oxygen atoms in total. The third kappa shape index (κ3) is 4.49. The molecule has 0 aromatic heterocycles. The number of alkyl halides is 1. The molecule has 0 aliphatic heterocycles. The Morgan fingerprint density at radius 2 is 1.71 bits per heavy atom. The monoisotopic (exact) mass is 371 g/mol. The Morgan fingerprint density at radius 3 is 2.14 bits per heavy atom. The van der Waals surface area contributed by atoms with Crippen LogP contribution in [0.2, 0.25) is 10.0 Å². The van der Waals surface area contributed by atoms with Crippen LogP contribution in [0.25, 0.3) is 0 Å². The maximum Gasteiger partial charge on any atom is 0.244 e. The van der Waals surface area contributed by atoms with E-state index < -0.39 is 10.0 Å². The van der Waals surface area contributed by atoms with Gasteiger partial charge in [0.2, 0.25) is 10.0 Å². The molecule has 7 heteroatoms. The lowest BCUT2D eigenvalue weighted by Gasteiger charge is -2.28. The molecule has 0 aliphatic carbocycles. The minimum atomic E-state index is -3.72. The minimum Gasteiger partial charge on any atom is -0.207 e. The van der Waals surface area contributed by atoms with Crippen molar-refractivity contribution < 1.29 is 8.42 Å². The summed E-state index contributed by atoms with van der Waals surface area (Å²) in [5, 5.41) is 0.450. The van der Waals surface area contributed by atoms with Crippen molar-refractivity contribution in [3.05, 3.63) is 27.7 Å². The fraction of sp³-hybridized carbons (Fsp3) is 0.571. The molecule has 1 rings (SSSR count). The van der Waals surface area contributed by atoms with Crippen molar-refractivity contribution in [1.29, 1.82) is 0 Å². The molecule has 1 aromatic carbocycles. The molecule has 0 fully saturated rings. The van der Waals surface area contributed by atoms with Crippen molar-refractivity contribution in [2.45, 2.75) is 44.5 Å². The second-order valence-electron chi connectivity index (χ2n) is 5.57.